The number of thioether (sulfide) groups is 1. The van der Waals surface area contributed by atoms with E-state index in [1.165, 1.54) is 7.11 Å². The second-order valence-corrected chi connectivity index (χ2v) is 9.22. The topological polar surface area (TPSA) is 80.6 Å². The van der Waals surface area contributed by atoms with Gasteiger partial charge in [-0.25, -0.2) is 0 Å². The zero-order chi connectivity index (χ0) is 26.9. The fourth-order valence-corrected chi connectivity index (χ4v) is 4.83. The normalized spacial score (nSPS) is 15.0. The van der Waals surface area contributed by atoms with Gasteiger partial charge in [0.15, 0.2) is 0 Å². The molecular formula is C26H22F3N3O4S. The van der Waals surface area contributed by atoms with Gasteiger partial charge in [-0.1, -0.05) is 18.2 Å². The molecule has 1 aliphatic heterocycles. The number of methoxy groups -OCH3 is 1. The summed E-state index contributed by atoms with van der Waals surface area (Å²) in [6.07, 6.45) is -3.03. The van der Waals surface area contributed by atoms with Crippen molar-refractivity contribution < 1.29 is 32.3 Å². The van der Waals surface area contributed by atoms with E-state index < -0.39 is 35.3 Å². The lowest BCUT2D eigenvalue weighted by atomic mass is 10.1. The largest absolute Gasteiger partial charge is 0.495 e. The number of carbonyl (C=O) groups excluding carboxylic acids is 3. The fraction of sp³-hybridized carbons (Fsp3) is 0.192. The quantitative estimate of drug-likeness (QED) is 0.409. The number of benzene rings is 2. The van der Waals surface area contributed by atoms with Gasteiger partial charge in [0.1, 0.15) is 12.3 Å². The van der Waals surface area contributed by atoms with Gasteiger partial charge in [0, 0.05) is 17.1 Å². The maximum absolute atomic E-state index is 13.1. The predicted octanol–water partition coefficient (Wildman–Crippen LogP) is 5.80. The molecule has 2 heterocycles. The molecule has 1 aromatic heterocycles. The van der Waals surface area contributed by atoms with Crippen LogP contribution in [0.15, 0.2) is 59.5 Å². The number of nitrogens with one attached hydrogen (secondary N) is 1. The number of anilines is 1. The van der Waals surface area contributed by atoms with E-state index in [1.54, 1.807) is 6.08 Å². The number of alkyl halides is 3. The zero-order valence-electron chi connectivity index (χ0n) is 20.1. The number of ether oxygens (including phenoxy) is 1. The lowest BCUT2D eigenvalue weighted by Crippen LogP contribution is -2.36. The van der Waals surface area contributed by atoms with Crippen molar-refractivity contribution in [2.75, 3.05) is 19.0 Å². The predicted molar refractivity (Wildman–Crippen MR) is 135 cm³/mol. The van der Waals surface area contributed by atoms with Gasteiger partial charge in [0.05, 0.1) is 23.3 Å². The number of imide groups is 1. The van der Waals surface area contributed by atoms with E-state index in [0.29, 0.717) is 11.8 Å². The lowest BCUT2D eigenvalue weighted by molar-refractivity contribution is -0.137. The monoisotopic (exact) mass is 529 g/mol. The molecule has 0 radical (unpaired) electrons. The van der Waals surface area contributed by atoms with Gasteiger partial charge < -0.3 is 14.6 Å². The Morgan fingerprint density at radius 2 is 1.78 bits per heavy atom. The number of nitrogens with zero attached hydrogens (tertiary/aromatic N) is 2. The molecule has 3 amide bonds. The Balaban J connectivity index is 1.52. The molecule has 1 N–H and O–H groups in total. The molecule has 1 saturated heterocycles. The number of carbonyl (C=O) groups is 3. The van der Waals surface area contributed by atoms with E-state index in [2.05, 4.69) is 5.32 Å². The third kappa shape index (κ3) is 5.41. The average Bonchev–Trinajstić information content (AvgIpc) is 3.27. The minimum absolute atomic E-state index is 0.00385. The summed E-state index contributed by atoms with van der Waals surface area (Å²) in [5.74, 6) is -1.50. The van der Waals surface area contributed by atoms with Crippen molar-refractivity contribution in [2.24, 2.45) is 0 Å². The minimum atomic E-state index is -4.63. The summed E-state index contributed by atoms with van der Waals surface area (Å²) in [5, 5.41) is 1.65. The van der Waals surface area contributed by atoms with Gasteiger partial charge in [0.2, 0.25) is 5.91 Å². The molecule has 0 atom stereocenters. The first-order valence-electron chi connectivity index (χ1n) is 11.0. The highest BCUT2D eigenvalue weighted by atomic mass is 32.2. The first kappa shape index (κ1) is 26.1. The molecule has 0 unspecified atom stereocenters. The Morgan fingerprint density at radius 3 is 2.43 bits per heavy atom. The highest BCUT2D eigenvalue weighted by molar-refractivity contribution is 8.18. The van der Waals surface area contributed by atoms with Crippen LogP contribution in [-0.2, 0) is 15.8 Å². The van der Waals surface area contributed by atoms with Crippen LogP contribution in [0.25, 0.3) is 11.8 Å². The smallest absolute Gasteiger partial charge is 0.416 e. The summed E-state index contributed by atoms with van der Waals surface area (Å²) in [6.45, 7) is 3.16. The first-order chi connectivity index (χ1) is 17.5. The van der Waals surface area contributed by atoms with Crippen molar-refractivity contribution in [2.45, 2.75) is 20.0 Å². The summed E-state index contributed by atoms with van der Waals surface area (Å²) in [6, 6.07) is 14.2. The number of hydrogen-bond donors (Lipinski definition) is 1. The zero-order valence-corrected chi connectivity index (χ0v) is 20.9. The summed E-state index contributed by atoms with van der Waals surface area (Å²) in [5.41, 5.74) is 2.29. The second-order valence-electron chi connectivity index (χ2n) is 8.23. The van der Waals surface area contributed by atoms with E-state index in [4.69, 9.17) is 4.74 Å². The molecular weight excluding hydrogens is 507 g/mol. The van der Waals surface area contributed by atoms with Crippen LogP contribution in [0.3, 0.4) is 0 Å². The van der Waals surface area contributed by atoms with Crippen LogP contribution in [0.2, 0.25) is 0 Å². The molecule has 7 nitrogen and oxygen atoms in total. The maximum Gasteiger partial charge on any atom is 0.416 e. The summed E-state index contributed by atoms with van der Waals surface area (Å²) in [7, 11) is 1.24. The molecule has 0 spiro atoms. The fourth-order valence-electron chi connectivity index (χ4n) is 4.00. The van der Waals surface area contributed by atoms with Crippen molar-refractivity contribution in [3.8, 4) is 11.4 Å². The Kier molecular flexibility index (Phi) is 7.17. The molecule has 192 valence electrons. The number of amides is 3. The third-order valence-corrected chi connectivity index (χ3v) is 6.65. The second kappa shape index (κ2) is 10.2. The van der Waals surface area contributed by atoms with Crippen molar-refractivity contribution >= 4 is 40.6 Å². The Morgan fingerprint density at radius 1 is 1.08 bits per heavy atom. The molecule has 1 aliphatic rings. The van der Waals surface area contributed by atoms with E-state index in [-0.39, 0.29) is 16.3 Å². The lowest BCUT2D eigenvalue weighted by Gasteiger charge is -2.16. The van der Waals surface area contributed by atoms with Crippen LogP contribution in [-0.4, -0.2) is 40.2 Å². The molecule has 11 heteroatoms. The van der Waals surface area contributed by atoms with Crippen LogP contribution in [0, 0.1) is 13.8 Å². The molecule has 37 heavy (non-hydrogen) atoms. The molecule has 1 fully saturated rings. The summed E-state index contributed by atoms with van der Waals surface area (Å²) in [4.78, 5) is 39.0. The number of hydrogen-bond acceptors (Lipinski definition) is 5. The van der Waals surface area contributed by atoms with Gasteiger partial charge >= 0.3 is 6.18 Å². The number of halogens is 3. The SMILES string of the molecule is COc1ccc(C(F)(F)F)cc1NC(=O)CN1C(=O)S/C(=C\c2cc(C)n(-c3ccccc3)c2C)C1=O. The van der Waals surface area contributed by atoms with Crippen LogP contribution in [0.4, 0.5) is 23.7 Å². The van der Waals surface area contributed by atoms with E-state index in [9.17, 15) is 27.6 Å². The Bertz CT molecular complexity index is 1410. The molecule has 0 bridgehead atoms. The van der Waals surface area contributed by atoms with Crippen molar-refractivity contribution in [3.63, 3.8) is 0 Å². The summed E-state index contributed by atoms with van der Waals surface area (Å²) >= 11 is 0.694. The van der Waals surface area contributed by atoms with Crippen LogP contribution in [0.1, 0.15) is 22.5 Å². The maximum atomic E-state index is 13.1. The minimum Gasteiger partial charge on any atom is -0.495 e. The standard InChI is InChI=1S/C26H22F3N3O4S/c1-15-11-17(16(2)32(15)19-7-5-4-6-8-19)12-22-24(34)31(25(35)37-22)14-23(33)30-20-13-18(26(27,28)29)9-10-21(20)36-3/h4-13H,14H2,1-3H3,(H,30,33)/b22-12-. The first-order valence-corrected chi connectivity index (χ1v) is 11.9. The van der Waals surface area contributed by atoms with Gasteiger partial charge in [-0.3, -0.25) is 19.3 Å². The van der Waals surface area contributed by atoms with Crippen molar-refractivity contribution in [1.29, 1.82) is 0 Å². The van der Waals surface area contributed by atoms with Gasteiger partial charge in [-0.05, 0) is 73.6 Å². The highest BCUT2D eigenvalue weighted by Gasteiger charge is 2.37. The van der Waals surface area contributed by atoms with Gasteiger partial charge in [-0.2, -0.15) is 13.2 Å². The van der Waals surface area contributed by atoms with Crippen molar-refractivity contribution in [3.05, 3.63) is 82.0 Å². The number of rotatable bonds is 6. The average molecular weight is 530 g/mol. The van der Waals surface area contributed by atoms with E-state index >= 15 is 0 Å². The highest BCUT2D eigenvalue weighted by Crippen LogP contribution is 2.36. The molecule has 0 aliphatic carbocycles. The van der Waals surface area contributed by atoms with Crippen LogP contribution in [0.5, 0.6) is 5.75 Å². The third-order valence-electron chi connectivity index (χ3n) is 5.75. The molecule has 4 rings (SSSR count). The molecule has 3 aromatic rings. The van der Waals surface area contributed by atoms with Crippen LogP contribution >= 0.6 is 11.8 Å². The number of para-hydroxylation sites is 1. The molecule has 0 saturated carbocycles. The van der Waals surface area contributed by atoms with Crippen molar-refractivity contribution in [1.82, 2.24) is 9.47 Å². The Hall–Kier alpha value is -3.99. The number of aromatic nitrogens is 1. The van der Waals surface area contributed by atoms with E-state index in [1.807, 2.05) is 54.8 Å². The molecule has 2 aromatic carbocycles. The van der Waals surface area contributed by atoms with Crippen LogP contribution < -0.4 is 10.1 Å². The summed E-state index contributed by atoms with van der Waals surface area (Å²) < 4.78 is 46.3. The Labute approximate surface area is 214 Å². The van der Waals surface area contributed by atoms with E-state index in [0.717, 1.165) is 45.7 Å². The van der Waals surface area contributed by atoms with Gasteiger partial charge in [0.25, 0.3) is 11.1 Å². The number of aryl methyl sites for hydroxylation is 1. The van der Waals surface area contributed by atoms with Gasteiger partial charge in [-0.15, -0.1) is 0 Å².